The smallest absolute Gasteiger partial charge is 0.228 e. The van der Waals surface area contributed by atoms with Crippen molar-refractivity contribution >= 4 is 29.0 Å². The van der Waals surface area contributed by atoms with Crippen molar-refractivity contribution < 1.29 is 4.74 Å². The third-order valence-electron chi connectivity index (χ3n) is 5.41. The molecule has 4 N–H and O–H groups in total. The highest BCUT2D eigenvalue weighted by Crippen LogP contribution is 2.30. The van der Waals surface area contributed by atoms with E-state index in [2.05, 4.69) is 44.7 Å². The second kappa shape index (κ2) is 11.7. The Morgan fingerprint density at radius 3 is 2.88 bits per heavy atom. The molecule has 32 heavy (non-hydrogen) atoms. The summed E-state index contributed by atoms with van der Waals surface area (Å²) < 4.78 is 5.48. The van der Waals surface area contributed by atoms with Gasteiger partial charge < -0.3 is 31.0 Å². The van der Waals surface area contributed by atoms with Crippen LogP contribution in [0.5, 0.6) is 0 Å². The second-order valence-electron chi connectivity index (χ2n) is 8.02. The van der Waals surface area contributed by atoms with Gasteiger partial charge in [0, 0.05) is 45.0 Å². The van der Waals surface area contributed by atoms with Gasteiger partial charge in [0.2, 0.25) is 5.95 Å². The molecule has 1 fully saturated rings. The molecule has 0 bridgehead atoms. The van der Waals surface area contributed by atoms with Crippen LogP contribution in [0.15, 0.2) is 18.6 Å². The Bertz CT molecular complexity index is 875. The fourth-order valence-electron chi connectivity index (χ4n) is 3.52. The van der Waals surface area contributed by atoms with E-state index in [0.717, 1.165) is 19.6 Å². The Labute approximate surface area is 190 Å². The zero-order valence-electron chi connectivity index (χ0n) is 19.5. The standard InChI is InChI=1S/C22H35N9O/c1-5-16(23)19-20(26-10-12-32-6-2)21(28-18-7-8-24-14-27-18)30-22(29-19)31-11-9-25-17(13-31)15(3)4/h7-8,14-15,17,23,25-26H,5-6,9-13H2,1-4H3,(H,24,27,28,29,30)/t17-/m1/s1. The molecule has 0 aromatic carbocycles. The summed E-state index contributed by atoms with van der Waals surface area (Å²) in [5.74, 6) is 2.35. The van der Waals surface area contributed by atoms with E-state index in [-0.39, 0.29) is 0 Å². The van der Waals surface area contributed by atoms with Crippen LogP contribution in [0.2, 0.25) is 0 Å². The summed E-state index contributed by atoms with van der Waals surface area (Å²) >= 11 is 0. The predicted octanol–water partition coefficient (Wildman–Crippen LogP) is 2.67. The maximum Gasteiger partial charge on any atom is 0.228 e. The van der Waals surface area contributed by atoms with Crippen LogP contribution in [0.3, 0.4) is 0 Å². The first-order chi connectivity index (χ1) is 15.5. The van der Waals surface area contributed by atoms with Gasteiger partial charge in [0.25, 0.3) is 0 Å². The van der Waals surface area contributed by atoms with E-state index in [4.69, 9.17) is 20.1 Å². The Hall–Kier alpha value is -2.85. The van der Waals surface area contributed by atoms with Crippen LogP contribution >= 0.6 is 0 Å². The highest BCUT2D eigenvalue weighted by molar-refractivity contribution is 6.03. The SMILES string of the molecule is CCOCCNc1c(Nc2ccncn2)nc(N2CCN[C@@H](C(C)C)C2)nc1C(=N)CC. The molecule has 3 heterocycles. The normalized spacial score (nSPS) is 16.3. The highest BCUT2D eigenvalue weighted by atomic mass is 16.5. The number of ether oxygens (including phenoxy) is 1. The van der Waals surface area contributed by atoms with Gasteiger partial charge in [0.05, 0.1) is 12.3 Å². The molecular weight excluding hydrogens is 406 g/mol. The number of anilines is 4. The van der Waals surface area contributed by atoms with Gasteiger partial charge in [-0.15, -0.1) is 0 Å². The lowest BCUT2D eigenvalue weighted by Gasteiger charge is -2.36. The van der Waals surface area contributed by atoms with Crippen LogP contribution in [0.25, 0.3) is 0 Å². The largest absolute Gasteiger partial charge is 0.380 e. The Kier molecular flexibility index (Phi) is 8.69. The van der Waals surface area contributed by atoms with Gasteiger partial charge >= 0.3 is 0 Å². The van der Waals surface area contributed by atoms with Crippen molar-refractivity contribution in [1.29, 1.82) is 5.41 Å². The van der Waals surface area contributed by atoms with Crippen molar-refractivity contribution in [2.75, 3.05) is 54.9 Å². The van der Waals surface area contributed by atoms with E-state index in [9.17, 15) is 0 Å². The summed E-state index contributed by atoms with van der Waals surface area (Å²) in [5.41, 5.74) is 1.74. The molecule has 1 aliphatic rings. The summed E-state index contributed by atoms with van der Waals surface area (Å²) in [6.45, 7) is 12.7. The van der Waals surface area contributed by atoms with Crippen molar-refractivity contribution in [2.24, 2.45) is 5.92 Å². The second-order valence-corrected chi connectivity index (χ2v) is 8.02. The first-order valence-electron chi connectivity index (χ1n) is 11.4. The number of nitrogens with one attached hydrogen (secondary N) is 4. The van der Waals surface area contributed by atoms with Gasteiger partial charge in [-0.25, -0.2) is 15.0 Å². The van der Waals surface area contributed by atoms with Gasteiger partial charge in [-0.1, -0.05) is 20.8 Å². The number of hydrogen-bond donors (Lipinski definition) is 4. The lowest BCUT2D eigenvalue weighted by molar-refractivity contribution is 0.158. The third-order valence-corrected chi connectivity index (χ3v) is 5.41. The molecule has 10 nitrogen and oxygen atoms in total. The molecule has 1 aliphatic heterocycles. The van der Waals surface area contributed by atoms with E-state index >= 15 is 0 Å². The quantitative estimate of drug-likeness (QED) is 0.308. The molecule has 1 atom stereocenters. The van der Waals surface area contributed by atoms with Crippen LogP contribution < -0.4 is 20.9 Å². The fraction of sp³-hybridized carbons (Fsp3) is 0.591. The lowest BCUT2D eigenvalue weighted by atomic mass is 10.0. The molecule has 10 heteroatoms. The van der Waals surface area contributed by atoms with E-state index in [1.807, 2.05) is 13.8 Å². The minimum absolute atomic E-state index is 0.365. The predicted molar refractivity (Wildman–Crippen MR) is 128 cm³/mol. The molecule has 0 spiro atoms. The molecule has 2 aromatic rings. The van der Waals surface area contributed by atoms with Gasteiger partial charge in [-0.05, 0) is 25.3 Å². The molecule has 3 rings (SSSR count). The zero-order valence-corrected chi connectivity index (χ0v) is 19.5. The lowest BCUT2D eigenvalue weighted by Crippen LogP contribution is -2.53. The molecule has 0 amide bonds. The highest BCUT2D eigenvalue weighted by Gasteiger charge is 2.26. The molecule has 0 saturated carbocycles. The minimum atomic E-state index is 0.365. The van der Waals surface area contributed by atoms with Crippen LogP contribution in [0, 0.1) is 11.3 Å². The van der Waals surface area contributed by atoms with Crippen molar-refractivity contribution in [3.05, 3.63) is 24.3 Å². The topological polar surface area (TPSA) is 124 Å². The van der Waals surface area contributed by atoms with Crippen LogP contribution in [-0.4, -0.2) is 71.1 Å². The number of hydrogen-bond acceptors (Lipinski definition) is 10. The average molecular weight is 442 g/mol. The van der Waals surface area contributed by atoms with E-state index in [0.29, 0.717) is 72.8 Å². The van der Waals surface area contributed by atoms with Crippen molar-refractivity contribution in [1.82, 2.24) is 25.3 Å². The van der Waals surface area contributed by atoms with Crippen molar-refractivity contribution in [3.8, 4) is 0 Å². The van der Waals surface area contributed by atoms with Crippen LogP contribution in [-0.2, 0) is 4.74 Å². The monoisotopic (exact) mass is 441 g/mol. The van der Waals surface area contributed by atoms with Gasteiger partial charge in [-0.2, -0.15) is 4.98 Å². The van der Waals surface area contributed by atoms with Crippen LogP contribution in [0.1, 0.15) is 39.8 Å². The summed E-state index contributed by atoms with van der Waals surface area (Å²) in [6, 6.07) is 2.15. The zero-order chi connectivity index (χ0) is 22.9. The molecule has 1 saturated heterocycles. The third kappa shape index (κ3) is 6.10. The van der Waals surface area contributed by atoms with Crippen LogP contribution in [0.4, 0.5) is 23.3 Å². The summed E-state index contributed by atoms with van der Waals surface area (Å²) in [6.07, 6.45) is 3.74. The molecule has 174 valence electrons. The van der Waals surface area contributed by atoms with Gasteiger partial charge in [-0.3, -0.25) is 0 Å². The number of aromatic nitrogens is 4. The molecule has 0 unspecified atom stereocenters. The maximum absolute atomic E-state index is 8.58. The Morgan fingerprint density at radius 1 is 1.34 bits per heavy atom. The summed E-state index contributed by atoms with van der Waals surface area (Å²) in [7, 11) is 0. The van der Waals surface area contributed by atoms with E-state index in [1.165, 1.54) is 6.33 Å². The number of rotatable bonds is 11. The summed E-state index contributed by atoms with van der Waals surface area (Å²) in [4.78, 5) is 20.2. The Balaban J connectivity index is 2.00. The van der Waals surface area contributed by atoms with Crippen molar-refractivity contribution in [2.45, 2.75) is 40.2 Å². The molecule has 2 aromatic heterocycles. The van der Waals surface area contributed by atoms with Gasteiger partial charge in [0.15, 0.2) is 5.82 Å². The Morgan fingerprint density at radius 2 is 2.19 bits per heavy atom. The molecule has 0 aliphatic carbocycles. The van der Waals surface area contributed by atoms with Gasteiger partial charge in [0.1, 0.15) is 23.5 Å². The number of piperazine rings is 1. The molecular formula is C22H35N9O. The first kappa shape index (κ1) is 23.8. The first-order valence-corrected chi connectivity index (χ1v) is 11.4. The summed E-state index contributed by atoms with van der Waals surface area (Å²) in [5, 5.41) is 18.8. The number of nitrogens with zero attached hydrogens (tertiary/aromatic N) is 5. The minimum Gasteiger partial charge on any atom is -0.380 e. The fourth-order valence-corrected chi connectivity index (χ4v) is 3.52. The van der Waals surface area contributed by atoms with E-state index < -0.39 is 0 Å². The maximum atomic E-state index is 8.58. The average Bonchev–Trinajstić information content (AvgIpc) is 2.82. The van der Waals surface area contributed by atoms with E-state index in [1.54, 1.807) is 12.3 Å². The molecule has 0 radical (unpaired) electrons. The van der Waals surface area contributed by atoms with Crippen molar-refractivity contribution in [3.63, 3.8) is 0 Å².